The minimum Gasteiger partial charge on any atom is -0.341 e. The quantitative estimate of drug-likeness (QED) is 0.399. The Morgan fingerprint density at radius 3 is 2.54 bits per heavy atom. The van der Waals surface area contributed by atoms with Gasteiger partial charge in [0.1, 0.15) is 16.9 Å². The minimum atomic E-state index is -3.92. The van der Waals surface area contributed by atoms with Crippen LogP contribution in [0.2, 0.25) is 0 Å². The molecule has 0 aliphatic carbocycles. The highest BCUT2D eigenvalue weighted by atomic mass is 32.2. The number of H-pyrrole nitrogens is 1. The first kappa shape index (κ1) is 19.8. The van der Waals surface area contributed by atoms with E-state index in [9.17, 15) is 18.0 Å². The Labute approximate surface area is 164 Å². The van der Waals surface area contributed by atoms with Gasteiger partial charge in [-0.25, -0.2) is 28.1 Å². The fourth-order valence-electron chi connectivity index (χ4n) is 2.26. The van der Waals surface area contributed by atoms with Crippen LogP contribution in [0.15, 0.2) is 46.8 Å². The van der Waals surface area contributed by atoms with Gasteiger partial charge in [-0.3, -0.25) is 9.59 Å². The lowest BCUT2D eigenvalue weighted by Crippen LogP contribution is -2.28. The molecule has 1 aromatic carbocycles. The maximum Gasteiger partial charge on any atom is 0.264 e. The molecule has 0 unspecified atom stereocenters. The molecule has 1 atom stereocenters. The first-order valence-electron chi connectivity index (χ1n) is 8.01. The zero-order valence-electron chi connectivity index (χ0n) is 14.8. The van der Waals surface area contributed by atoms with Gasteiger partial charge >= 0.3 is 0 Å². The van der Waals surface area contributed by atoms with Crippen molar-refractivity contribution in [3.8, 4) is 0 Å². The lowest BCUT2D eigenvalue weighted by molar-refractivity contribution is -0.117. The van der Waals surface area contributed by atoms with Gasteiger partial charge in [-0.05, 0) is 31.2 Å². The van der Waals surface area contributed by atoms with Crippen molar-refractivity contribution in [2.24, 2.45) is 0 Å². The minimum absolute atomic E-state index is 0.0780. The summed E-state index contributed by atoms with van der Waals surface area (Å²) in [6, 6.07) is 5.50. The molecule has 146 valence electrons. The number of amides is 2. The van der Waals surface area contributed by atoms with Crippen LogP contribution >= 0.6 is 11.8 Å². The fourth-order valence-corrected chi connectivity index (χ4v) is 4.13. The zero-order valence-corrected chi connectivity index (χ0v) is 16.5. The number of fused-ring (bicyclic) bond motifs is 1. The average Bonchev–Trinajstić information content (AvgIpc) is 3.11. The van der Waals surface area contributed by atoms with E-state index >= 15 is 0 Å². The van der Waals surface area contributed by atoms with E-state index in [1.54, 1.807) is 6.92 Å². The van der Waals surface area contributed by atoms with E-state index < -0.39 is 21.2 Å². The smallest absolute Gasteiger partial charge is 0.264 e. The number of rotatable bonds is 6. The number of hydrogen-bond acceptors (Lipinski definition) is 8. The number of imidazole rings is 1. The SMILES string of the molecule is CC(=O)NS(=O)(=O)c1ccc(NC(=O)[C@@H](C)Sc2ncnc3nc[nH]c23)cc1. The number of sulfonamides is 1. The zero-order chi connectivity index (χ0) is 20.3. The summed E-state index contributed by atoms with van der Waals surface area (Å²) in [5.41, 5.74) is 1.59. The third-order valence-corrected chi connectivity index (χ3v) is 6.11. The molecule has 2 heterocycles. The molecule has 0 spiro atoms. The van der Waals surface area contributed by atoms with Crippen molar-refractivity contribution in [1.82, 2.24) is 24.7 Å². The molecule has 28 heavy (non-hydrogen) atoms. The Hall–Kier alpha value is -2.99. The molecule has 3 aromatic rings. The summed E-state index contributed by atoms with van der Waals surface area (Å²) in [5, 5.41) is 2.83. The van der Waals surface area contributed by atoms with Gasteiger partial charge < -0.3 is 10.3 Å². The summed E-state index contributed by atoms with van der Waals surface area (Å²) >= 11 is 1.24. The number of nitrogens with zero attached hydrogens (tertiary/aromatic N) is 3. The lowest BCUT2D eigenvalue weighted by Gasteiger charge is -2.12. The third kappa shape index (κ3) is 4.46. The van der Waals surface area contributed by atoms with Crippen LogP contribution in [0.25, 0.3) is 11.2 Å². The van der Waals surface area contributed by atoms with Crippen LogP contribution in [0.3, 0.4) is 0 Å². The molecule has 2 amide bonds. The number of nitrogens with one attached hydrogen (secondary N) is 3. The Balaban J connectivity index is 1.67. The molecule has 3 rings (SSSR count). The second-order valence-corrected chi connectivity index (χ2v) is 8.73. The Morgan fingerprint density at radius 2 is 1.86 bits per heavy atom. The average molecular weight is 420 g/mol. The van der Waals surface area contributed by atoms with E-state index in [4.69, 9.17) is 0 Å². The summed E-state index contributed by atoms with van der Waals surface area (Å²) in [6.45, 7) is 2.83. The number of thioether (sulfide) groups is 1. The monoisotopic (exact) mass is 420 g/mol. The van der Waals surface area contributed by atoms with Crippen molar-refractivity contribution in [1.29, 1.82) is 0 Å². The van der Waals surface area contributed by atoms with Gasteiger partial charge in [0.15, 0.2) is 5.65 Å². The van der Waals surface area contributed by atoms with Gasteiger partial charge in [0.25, 0.3) is 10.0 Å². The summed E-state index contributed by atoms with van der Waals surface area (Å²) in [6.07, 6.45) is 2.88. The molecule has 0 radical (unpaired) electrons. The number of hydrogen-bond donors (Lipinski definition) is 3. The number of benzene rings is 1. The van der Waals surface area contributed by atoms with Crippen molar-refractivity contribution in [2.75, 3.05) is 5.32 Å². The predicted octanol–water partition coefficient (Wildman–Crippen LogP) is 1.30. The van der Waals surface area contributed by atoms with E-state index in [-0.39, 0.29) is 10.8 Å². The molecule has 0 saturated heterocycles. The van der Waals surface area contributed by atoms with Crippen LogP contribution in [0.4, 0.5) is 5.69 Å². The number of aromatic nitrogens is 4. The van der Waals surface area contributed by atoms with Crippen molar-refractivity contribution in [3.63, 3.8) is 0 Å². The fraction of sp³-hybridized carbons (Fsp3) is 0.188. The van der Waals surface area contributed by atoms with Gasteiger partial charge in [-0.15, -0.1) is 0 Å². The second kappa shape index (κ2) is 7.94. The van der Waals surface area contributed by atoms with Gasteiger partial charge in [0.05, 0.1) is 16.5 Å². The van der Waals surface area contributed by atoms with Crippen LogP contribution in [-0.4, -0.2) is 45.4 Å². The van der Waals surface area contributed by atoms with E-state index in [0.717, 1.165) is 6.92 Å². The summed E-state index contributed by atoms with van der Waals surface area (Å²) in [5.74, 6) is -0.965. The lowest BCUT2D eigenvalue weighted by atomic mass is 10.3. The summed E-state index contributed by atoms with van der Waals surface area (Å²) in [4.78, 5) is 38.5. The Bertz CT molecular complexity index is 1130. The molecular formula is C16H16N6O4S2. The molecule has 0 fully saturated rings. The highest BCUT2D eigenvalue weighted by Gasteiger charge is 2.19. The van der Waals surface area contributed by atoms with Crippen molar-refractivity contribution in [2.45, 2.75) is 29.0 Å². The predicted molar refractivity (Wildman–Crippen MR) is 103 cm³/mol. The van der Waals surface area contributed by atoms with Crippen LogP contribution in [0, 0.1) is 0 Å². The topological polar surface area (TPSA) is 147 Å². The molecule has 12 heteroatoms. The standard InChI is InChI=1S/C16H16N6O4S2/c1-9(27-16-13-14(18-7-17-13)19-8-20-16)15(24)21-11-3-5-12(6-4-11)28(25,26)22-10(2)23/h3-9H,1-2H3,(H,21,24)(H,22,23)(H,17,18,19,20)/t9-/m1/s1. The second-order valence-electron chi connectivity index (χ2n) is 5.72. The van der Waals surface area contributed by atoms with Gasteiger partial charge in [0, 0.05) is 12.6 Å². The molecule has 10 nitrogen and oxygen atoms in total. The third-order valence-electron chi connectivity index (χ3n) is 3.56. The first-order chi connectivity index (χ1) is 13.3. The highest BCUT2D eigenvalue weighted by molar-refractivity contribution is 8.00. The van der Waals surface area contributed by atoms with E-state index in [0.29, 0.717) is 21.9 Å². The van der Waals surface area contributed by atoms with Crippen molar-refractivity contribution < 1.29 is 18.0 Å². The van der Waals surface area contributed by atoms with Crippen LogP contribution < -0.4 is 10.0 Å². The normalized spacial score (nSPS) is 12.5. The molecule has 0 saturated carbocycles. The Morgan fingerprint density at radius 1 is 1.14 bits per heavy atom. The number of anilines is 1. The highest BCUT2D eigenvalue weighted by Crippen LogP contribution is 2.26. The molecular weight excluding hydrogens is 404 g/mol. The number of carbonyl (C=O) groups excluding carboxylic acids is 2. The van der Waals surface area contributed by atoms with E-state index in [1.807, 2.05) is 4.72 Å². The summed E-state index contributed by atoms with van der Waals surface area (Å²) in [7, 11) is -3.92. The van der Waals surface area contributed by atoms with E-state index in [1.165, 1.54) is 48.7 Å². The molecule has 0 aliphatic rings. The number of carbonyl (C=O) groups is 2. The van der Waals surface area contributed by atoms with Crippen molar-refractivity contribution >= 4 is 50.5 Å². The summed E-state index contributed by atoms with van der Waals surface area (Å²) < 4.78 is 25.7. The van der Waals surface area contributed by atoms with E-state index in [2.05, 4.69) is 25.3 Å². The van der Waals surface area contributed by atoms with Gasteiger partial charge in [-0.1, -0.05) is 11.8 Å². The number of aromatic amines is 1. The first-order valence-corrected chi connectivity index (χ1v) is 10.4. The van der Waals surface area contributed by atoms with Crippen molar-refractivity contribution in [3.05, 3.63) is 36.9 Å². The molecule has 3 N–H and O–H groups in total. The van der Waals surface area contributed by atoms with Gasteiger partial charge in [-0.2, -0.15) is 0 Å². The van der Waals surface area contributed by atoms with Crippen LogP contribution in [0.1, 0.15) is 13.8 Å². The van der Waals surface area contributed by atoms with Gasteiger partial charge in [0.2, 0.25) is 11.8 Å². The molecule has 0 bridgehead atoms. The Kier molecular flexibility index (Phi) is 5.61. The maximum atomic E-state index is 12.4. The molecule has 0 aliphatic heterocycles. The van der Waals surface area contributed by atoms with Crippen LogP contribution in [-0.2, 0) is 19.6 Å². The maximum absolute atomic E-state index is 12.4. The van der Waals surface area contributed by atoms with Crippen LogP contribution in [0.5, 0.6) is 0 Å². The molecule has 2 aromatic heterocycles. The largest absolute Gasteiger partial charge is 0.341 e.